The Labute approximate surface area is 92.6 Å². The number of benzene rings is 1. The highest BCUT2D eigenvalue weighted by Crippen LogP contribution is 2.31. The Morgan fingerprint density at radius 1 is 1.38 bits per heavy atom. The van der Waals surface area contributed by atoms with E-state index in [9.17, 15) is 8.78 Å². The lowest BCUT2D eigenvalue weighted by molar-refractivity contribution is 0.175. The van der Waals surface area contributed by atoms with Gasteiger partial charge in [-0.05, 0) is 18.6 Å². The standard InChI is InChI=1S/C11H14F2N2O/c12-8-2-1-3-9(13)10(8)11(15-14)7-4-5-16-6-7/h1-3,7,11,15H,4-6,14H2. The predicted molar refractivity (Wildman–Crippen MR) is 55.3 cm³/mol. The average molecular weight is 228 g/mol. The molecule has 0 spiro atoms. The van der Waals surface area contributed by atoms with E-state index in [0.29, 0.717) is 13.2 Å². The molecular weight excluding hydrogens is 214 g/mol. The Morgan fingerprint density at radius 3 is 2.56 bits per heavy atom. The maximum Gasteiger partial charge on any atom is 0.130 e. The molecule has 0 radical (unpaired) electrons. The molecule has 88 valence electrons. The molecule has 2 unspecified atom stereocenters. The van der Waals surface area contributed by atoms with Crippen LogP contribution in [0.3, 0.4) is 0 Å². The summed E-state index contributed by atoms with van der Waals surface area (Å²) in [6.45, 7) is 1.08. The van der Waals surface area contributed by atoms with E-state index in [2.05, 4.69) is 5.43 Å². The number of nitrogens with one attached hydrogen (secondary N) is 1. The van der Waals surface area contributed by atoms with Crippen molar-refractivity contribution in [3.05, 3.63) is 35.4 Å². The van der Waals surface area contributed by atoms with Crippen LogP contribution in [0.15, 0.2) is 18.2 Å². The molecule has 3 nitrogen and oxygen atoms in total. The Morgan fingerprint density at radius 2 is 2.06 bits per heavy atom. The fourth-order valence-corrected chi connectivity index (χ4v) is 2.08. The fraction of sp³-hybridized carbons (Fsp3) is 0.455. The summed E-state index contributed by atoms with van der Waals surface area (Å²) >= 11 is 0. The van der Waals surface area contributed by atoms with Crippen molar-refractivity contribution >= 4 is 0 Å². The summed E-state index contributed by atoms with van der Waals surface area (Å²) in [4.78, 5) is 0. The van der Waals surface area contributed by atoms with E-state index >= 15 is 0 Å². The molecule has 2 rings (SSSR count). The predicted octanol–water partition coefficient (Wildman–Crippen LogP) is 1.51. The van der Waals surface area contributed by atoms with Crippen molar-refractivity contribution in [2.24, 2.45) is 11.8 Å². The van der Waals surface area contributed by atoms with Crippen LogP contribution < -0.4 is 11.3 Å². The van der Waals surface area contributed by atoms with Gasteiger partial charge < -0.3 is 4.74 Å². The summed E-state index contributed by atoms with van der Waals surface area (Å²) in [5, 5.41) is 0. The first-order chi connectivity index (χ1) is 7.74. The van der Waals surface area contributed by atoms with E-state index in [1.807, 2.05) is 0 Å². The summed E-state index contributed by atoms with van der Waals surface area (Å²) < 4.78 is 32.3. The van der Waals surface area contributed by atoms with Gasteiger partial charge in [-0.1, -0.05) is 6.07 Å². The van der Waals surface area contributed by atoms with Crippen molar-refractivity contribution < 1.29 is 13.5 Å². The van der Waals surface area contributed by atoms with E-state index < -0.39 is 17.7 Å². The molecule has 2 atom stereocenters. The molecular formula is C11H14F2N2O. The number of hydrazine groups is 1. The number of rotatable bonds is 3. The molecule has 1 aromatic rings. The zero-order valence-electron chi connectivity index (χ0n) is 8.75. The minimum atomic E-state index is -0.574. The molecule has 16 heavy (non-hydrogen) atoms. The van der Waals surface area contributed by atoms with Crippen LogP contribution in [0.4, 0.5) is 8.78 Å². The first-order valence-electron chi connectivity index (χ1n) is 5.22. The molecule has 3 N–H and O–H groups in total. The van der Waals surface area contributed by atoms with Crippen LogP contribution in [0.5, 0.6) is 0 Å². The number of nitrogens with two attached hydrogens (primary N) is 1. The molecule has 5 heteroatoms. The van der Waals surface area contributed by atoms with Gasteiger partial charge in [0, 0.05) is 18.1 Å². The Hall–Kier alpha value is -1.04. The number of hydrogen-bond acceptors (Lipinski definition) is 3. The molecule has 1 fully saturated rings. The second-order valence-electron chi connectivity index (χ2n) is 3.90. The second kappa shape index (κ2) is 4.86. The summed E-state index contributed by atoms with van der Waals surface area (Å²) in [7, 11) is 0. The SMILES string of the molecule is NNC(c1c(F)cccc1F)C1CCOC1. The molecule has 1 saturated heterocycles. The second-order valence-corrected chi connectivity index (χ2v) is 3.90. The molecule has 1 heterocycles. The largest absolute Gasteiger partial charge is 0.381 e. The van der Waals surface area contributed by atoms with Gasteiger partial charge in [0.2, 0.25) is 0 Å². The zero-order valence-corrected chi connectivity index (χ0v) is 8.75. The fourth-order valence-electron chi connectivity index (χ4n) is 2.08. The van der Waals surface area contributed by atoms with Crippen LogP contribution in [0.2, 0.25) is 0 Å². The topological polar surface area (TPSA) is 47.3 Å². The molecule has 1 aliphatic heterocycles. The molecule has 0 saturated carbocycles. The zero-order chi connectivity index (χ0) is 11.5. The van der Waals surface area contributed by atoms with E-state index in [0.717, 1.165) is 6.42 Å². The number of ether oxygens (including phenoxy) is 1. The van der Waals surface area contributed by atoms with Crippen molar-refractivity contribution in [1.29, 1.82) is 0 Å². The van der Waals surface area contributed by atoms with Gasteiger partial charge in [-0.25, -0.2) is 8.78 Å². The lowest BCUT2D eigenvalue weighted by atomic mass is 9.92. The molecule has 0 aromatic heterocycles. The molecule has 0 amide bonds. The third kappa shape index (κ3) is 2.07. The Bertz CT molecular complexity index is 347. The Kier molecular flexibility index (Phi) is 3.48. The van der Waals surface area contributed by atoms with Gasteiger partial charge in [-0.15, -0.1) is 0 Å². The number of halogens is 2. The van der Waals surface area contributed by atoms with Crippen molar-refractivity contribution in [3.8, 4) is 0 Å². The van der Waals surface area contributed by atoms with E-state index in [1.54, 1.807) is 0 Å². The third-order valence-corrected chi connectivity index (χ3v) is 2.93. The van der Waals surface area contributed by atoms with Gasteiger partial charge >= 0.3 is 0 Å². The maximum absolute atomic E-state index is 13.6. The summed E-state index contributed by atoms with van der Waals surface area (Å²) in [6.07, 6.45) is 0.753. The van der Waals surface area contributed by atoms with Crippen molar-refractivity contribution in [2.45, 2.75) is 12.5 Å². The minimum Gasteiger partial charge on any atom is -0.381 e. The molecule has 0 bridgehead atoms. The number of hydrogen-bond donors (Lipinski definition) is 2. The first-order valence-corrected chi connectivity index (χ1v) is 5.22. The molecule has 1 aromatic carbocycles. The van der Waals surface area contributed by atoms with Gasteiger partial charge in [-0.2, -0.15) is 0 Å². The van der Waals surface area contributed by atoms with Crippen molar-refractivity contribution in [1.82, 2.24) is 5.43 Å². The van der Waals surface area contributed by atoms with Gasteiger partial charge in [0.1, 0.15) is 11.6 Å². The van der Waals surface area contributed by atoms with Gasteiger partial charge in [0.25, 0.3) is 0 Å². The summed E-state index contributed by atoms with van der Waals surface area (Å²) in [5.74, 6) is 4.25. The van der Waals surface area contributed by atoms with E-state index in [1.165, 1.54) is 18.2 Å². The Balaban J connectivity index is 2.32. The summed E-state index contributed by atoms with van der Waals surface area (Å²) in [6, 6.07) is 3.27. The average Bonchev–Trinajstić information content (AvgIpc) is 2.77. The van der Waals surface area contributed by atoms with Crippen LogP contribution >= 0.6 is 0 Å². The van der Waals surface area contributed by atoms with Gasteiger partial charge in [0.15, 0.2) is 0 Å². The highest BCUT2D eigenvalue weighted by molar-refractivity contribution is 5.24. The lowest BCUT2D eigenvalue weighted by Gasteiger charge is -2.22. The van der Waals surface area contributed by atoms with Crippen LogP contribution in [0, 0.1) is 17.6 Å². The quantitative estimate of drug-likeness (QED) is 0.609. The third-order valence-electron chi connectivity index (χ3n) is 2.93. The normalized spacial score (nSPS) is 22.3. The molecule has 1 aliphatic rings. The molecule has 0 aliphatic carbocycles. The van der Waals surface area contributed by atoms with E-state index in [-0.39, 0.29) is 11.5 Å². The van der Waals surface area contributed by atoms with Gasteiger partial charge in [-0.3, -0.25) is 11.3 Å². The van der Waals surface area contributed by atoms with E-state index in [4.69, 9.17) is 10.6 Å². The van der Waals surface area contributed by atoms with Gasteiger partial charge in [0.05, 0.1) is 12.6 Å². The van der Waals surface area contributed by atoms with Crippen molar-refractivity contribution in [3.63, 3.8) is 0 Å². The van der Waals surface area contributed by atoms with Crippen LogP contribution in [-0.4, -0.2) is 13.2 Å². The van der Waals surface area contributed by atoms with Crippen molar-refractivity contribution in [2.75, 3.05) is 13.2 Å². The smallest absolute Gasteiger partial charge is 0.130 e. The van der Waals surface area contributed by atoms with Crippen LogP contribution in [-0.2, 0) is 4.74 Å². The lowest BCUT2D eigenvalue weighted by Crippen LogP contribution is -2.35. The highest BCUT2D eigenvalue weighted by atomic mass is 19.1. The highest BCUT2D eigenvalue weighted by Gasteiger charge is 2.30. The maximum atomic E-state index is 13.6. The van der Waals surface area contributed by atoms with Crippen LogP contribution in [0.1, 0.15) is 18.0 Å². The van der Waals surface area contributed by atoms with Crippen LogP contribution in [0.25, 0.3) is 0 Å². The minimum absolute atomic E-state index is 0.000463. The monoisotopic (exact) mass is 228 g/mol. The summed E-state index contributed by atoms with van der Waals surface area (Å²) in [5.41, 5.74) is 2.48. The first kappa shape index (κ1) is 11.4.